The van der Waals surface area contributed by atoms with Crippen molar-refractivity contribution in [2.45, 2.75) is 39.0 Å². The topological polar surface area (TPSA) is 46.3 Å². The van der Waals surface area contributed by atoms with Crippen molar-refractivity contribution in [3.8, 4) is 0 Å². The first kappa shape index (κ1) is 14.8. The molecule has 1 heterocycles. The van der Waals surface area contributed by atoms with Crippen LogP contribution in [0, 0.1) is 5.92 Å². The van der Waals surface area contributed by atoms with Gasteiger partial charge in [-0.05, 0) is 31.1 Å². The van der Waals surface area contributed by atoms with E-state index < -0.39 is 0 Å². The maximum absolute atomic E-state index is 12.0. The van der Waals surface area contributed by atoms with Crippen LogP contribution in [0.3, 0.4) is 0 Å². The number of nitrogens with two attached hydrogens (primary N) is 1. The predicted octanol–water partition coefficient (Wildman–Crippen LogP) is 2.11. The second kappa shape index (κ2) is 8.81. The SMILES string of the molecule is CC(CN)CSCC(=O)N1CCCCCCC1. The fourth-order valence-corrected chi connectivity index (χ4v) is 3.02. The van der Waals surface area contributed by atoms with E-state index in [4.69, 9.17) is 5.73 Å². The molecule has 0 spiro atoms. The summed E-state index contributed by atoms with van der Waals surface area (Å²) in [5.74, 6) is 2.46. The summed E-state index contributed by atoms with van der Waals surface area (Å²) in [4.78, 5) is 14.1. The molecule has 0 aromatic rings. The standard InChI is InChI=1S/C13H26N2OS/c1-12(9-14)10-17-11-13(16)15-7-5-3-2-4-6-8-15/h12H,2-11,14H2,1H3. The quantitative estimate of drug-likeness (QED) is 0.821. The molecule has 100 valence electrons. The van der Waals surface area contributed by atoms with E-state index in [0.717, 1.165) is 18.8 Å². The van der Waals surface area contributed by atoms with Gasteiger partial charge in [0.25, 0.3) is 0 Å². The van der Waals surface area contributed by atoms with Crippen LogP contribution in [0.2, 0.25) is 0 Å². The van der Waals surface area contributed by atoms with E-state index in [-0.39, 0.29) is 0 Å². The Labute approximate surface area is 109 Å². The van der Waals surface area contributed by atoms with Crippen LogP contribution < -0.4 is 5.73 Å². The molecule has 1 aliphatic rings. The molecule has 2 N–H and O–H groups in total. The van der Waals surface area contributed by atoms with Gasteiger partial charge in [0, 0.05) is 13.1 Å². The molecule has 1 unspecified atom stereocenters. The highest BCUT2D eigenvalue weighted by Gasteiger charge is 2.14. The minimum absolute atomic E-state index is 0.320. The number of rotatable bonds is 5. The number of nitrogens with zero attached hydrogens (tertiary/aromatic N) is 1. The molecular formula is C13H26N2OS. The molecule has 0 aromatic carbocycles. The lowest BCUT2D eigenvalue weighted by Gasteiger charge is -2.24. The minimum Gasteiger partial charge on any atom is -0.342 e. The number of hydrogen-bond donors (Lipinski definition) is 1. The highest BCUT2D eigenvalue weighted by Crippen LogP contribution is 2.13. The third kappa shape index (κ3) is 6.32. The fraction of sp³-hybridized carbons (Fsp3) is 0.923. The highest BCUT2D eigenvalue weighted by atomic mass is 32.2. The molecule has 0 aromatic heterocycles. The Hall–Kier alpha value is -0.220. The van der Waals surface area contributed by atoms with Crippen molar-refractivity contribution in [2.24, 2.45) is 11.7 Å². The molecule has 1 saturated heterocycles. The maximum Gasteiger partial charge on any atom is 0.232 e. The lowest BCUT2D eigenvalue weighted by molar-refractivity contribution is -0.128. The van der Waals surface area contributed by atoms with Gasteiger partial charge in [-0.2, -0.15) is 11.8 Å². The summed E-state index contributed by atoms with van der Waals surface area (Å²) < 4.78 is 0. The van der Waals surface area contributed by atoms with Gasteiger partial charge in [0.05, 0.1) is 5.75 Å². The van der Waals surface area contributed by atoms with E-state index in [2.05, 4.69) is 11.8 Å². The van der Waals surface area contributed by atoms with E-state index >= 15 is 0 Å². The third-order valence-corrected chi connectivity index (χ3v) is 4.49. The predicted molar refractivity (Wildman–Crippen MR) is 75.2 cm³/mol. The van der Waals surface area contributed by atoms with E-state index in [1.807, 2.05) is 0 Å². The second-order valence-corrected chi connectivity index (χ2v) is 6.03. The number of amides is 1. The average molecular weight is 258 g/mol. The van der Waals surface area contributed by atoms with Crippen molar-refractivity contribution in [1.82, 2.24) is 4.90 Å². The Balaban J connectivity index is 2.20. The van der Waals surface area contributed by atoms with Crippen LogP contribution in [0.1, 0.15) is 39.0 Å². The smallest absolute Gasteiger partial charge is 0.232 e. The van der Waals surface area contributed by atoms with Gasteiger partial charge >= 0.3 is 0 Å². The Morgan fingerprint density at radius 3 is 2.41 bits per heavy atom. The zero-order chi connectivity index (χ0) is 12.5. The molecule has 1 fully saturated rings. The summed E-state index contributed by atoms with van der Waals surface area (Å²) in [5.41, 5.74) is 5.56. The normalized spacial score (nSPS) is 19.5. The Bertz CT molecular complexity index is 215. The van der Waals surface area contributed by atoms with Crippen LogP contribution in [0.15, 0.2) is 0 Å². The van der Waals surface area contributed by atoms with Crippen LogP contribution in [0.4, 0.5) is 0 Å². The van der Waals surface area contributed by atoms with Crippen LogP contribution in [-0.4, -0.2) is 41.9 Å². The Morgan fingerprint density at radius 1 is 1.24 bits per heavy atom. The molecule has 0 radical (unpaired) electrons. The number of hydrogen-bond acceptors (Lipinski definition) is 3. The molecule has 0 bridgehead atoms. The number of likely N-dealkylation sites (tertiary alicyclic amines) is 1. The van der Waals surface area contributed by atoms with E-state index in [1.165, 1.54) is 32.1 Å². The van der Waals surface area contributed by atoms with Gasteiger partial charge < -0.3 is 10.6 Å². The molecule has 0 saturated carbocycles. The van der Waals surface area contributed by atoms with Crippen molar-refractivity contribution in [1.29, 1.82) is 0 Å². The van der Waals surface area contributed by atoms with Gasteiger partial charge in [-0.15, -0.1) is 0 Å². The number of carbonyl (C=O) groups is 1. The van der Waals surface area contributed by atoms with Crippen molar-refractivity contribution in [3.05, 3.63) is 0 Å². The Kier molecular flexibility index (Phi) is 7.69. The van der Waals surface area contributed by atoms with Crippen molar-refractivity contribution in [3.63, 3.8) is 0 Å². The average Bonchev–Trinajstić information content (AvgIpc) is 2.28. The monoisotopic (exact) mass is 258 g/mol. The number of carbonyl (C=O) groups excluding carboxylic acids is 1. The Morgan fingerprint density at radius 2 is 1.82 bits per heavy atom. The molecule has 1 atom stereocenters. The molecule has 1 aliphatic heterocycles. The summed E-state index contributed by atoms with van der Waals surface area (Å²) in [6, 6.07) is 0. The molecule has 0 aliphatic carbocycles. The highest BCUT2D eigenvalue weighted by molar-refractivity contribution is 7.99. The van der Waals surface area contributed by atoms with Crippen molar-refractivity contribution in [2.75, 3.05) is 31.1 Å². The second-order valence-electron chi connectivity index (χ2n) is 5.00. The molecule has 1 amide bonds. The molecule has 1 rings (SSSR count). The zero-order valence-electron chi connectivity index (χ0n) is 11.0. The summed E-state index contributed by atoms with van der Waals surface area (Å²) in [6.07, 6.45) is 6.25. The summed E-state index contributed by atoms with van der Waals surface area (Å²) in [7, 11) is 0. The largest absolute Gasteiger partial charge is 0.342 e. The number of thioether (sulfide) groups is 1. The molecule has 3 nitrogen and oxygen atoms in total. The molecule has 4 heteroatoms. The van der Waals surface area contributed by atoms with E-state index in [0.29, 0.717) is 24.1 Å². The molecule has 17 heavy (non-hydrogen) atoms. The van der Waals surface area contributed by atoms with Crippen LogP contribution in [0.5, 0.6) is 0 Å². The first-order valence-corrected chi connectivity index (χ1v) is 7.95. The first-order valence-electron chi connectivity index (χ1n) is 6.79. The van der Waals surface area contributed by atoms with Gasteiger partial charge in [0.1, 0.15) is 0 Å². The lowest BCUT2D eigenvalue weighted by atomic mass is 10.1. The first-order chi connectivity index (χ1) is 8.24. The zero-order valence-corrected chi connectivity index (χ0v) is 11.8. The third-order valence-electron chi connectivity index (χ3n) is 3.24. The van der Waals surface area contributed by atoms with E-state index in [9.17, 15) is 4.79 Å². The van der Waals surface area contributed by atoms with Crippen molar-refractivity contribution < 1.29 is 4.79 Å². The fourth-order valence-electron chi connectivity index (χ4n) is 2.00. The van der Waals surface area contributed by atoms with E-state index in [1.54, 1.807) is 11.8 Å². The van der Waals surface area contributed by atoms with Gasteiger partial charge in [-0.3, -0.25) is 4.79 Å². The lowest BCUT2D eigenvalue weighted by Crippen LogP contribution is -2.35. The van der Waals surface area contributed by atoms with Crippen LogP contribution >= 0.6 is 11.8 Å². The van der Waals surface area contributed by atoms with Gasteiger partial charge in [0.2, 0.25) is 5.91 Å². The van der Waals surface area contributed by atoms with Gasteiger partial charge in [-0.1, -0.05) is 26.2 Å². The van der Waals surface area contributed by atoms with Gasteiger partial charge in [0.15, 0.2) is 0 Å². The maximum atomic E-state index is 12.0. The summed E-state index contributed by atoms with van der Waals surface area (Å²) in [6.45, 7) is 4.77. The molecular weight excluding hydrogens is 232 g/mol. The summed E-state index contributed by atoms with van der Waals surface area (Å²) >= 11 is 1.73. The van der Waals surface area contributed by atoms with Gasteiger partial charge in [-0.25, -0.2) is 0 Å². The van der Waals surface area contributed by atoms with Crippen molar-refractivity contribution >= 4 is 17.7 Å². The summed E-state index contributed by atoms with van der Waals surface area (Å²) in [5, 5.41) is 0. The van der Waals surface area contributed by atoms with Crippen LogP contribution in [-0.2, 0) is 4.79 Å². The minimum atomic E-state index is 0.320. The van der Waals surface area contributed by atoms with Crippen LogP contribution in [0.25, 0.3) is 0 Å².